The fourth-order valence-corrected chi connectivity index (χ4v) is 5.90. The van der Waals surface area contributed by atoms with E-state index in [0.29, 0.717) is 6.42 Å². The third-order valence-corrected chi connectivity index (χ3v) is 6.98. The molecule has 0 aliphatic carbocycles. The van der Waals surface area contributed by atoms with Crippen LogP contribution in [0.25, 0.3) is 0 Å². The van der Waals surface area contributed by atoms with E-state index in [1.807, 2.05) is 0 Å². The highest BCUT2D eigenvalue weighted by molar-refractivity contribution is 8.02. The molecule has 1 saturated heterocycles. The minimum Gasteiger partial charge on any atom is -0.465 e. The standard InChI is InChI=1S/C16H19NO7S2/c1-23-15(19)10-5-11(16(20)24-2)7-12(6-10)17-14(18)8-25-13-3-4-26(21,22)9-13/h5-7,13H,3-4,8-9H2,1-2H3,(H,17,18). The lowest BCUT2D eigenvalue weighted by molar-refractivity contribution is -0.113. The molecule has 0 bridgehead atoms. The third kappa shape index (κ3) is 5.46. The molecule has 1 unspecified atom stereocenters. The van der Waals surface area contributed by atoms with Crippen molar-refractivity contribution in [2.75, 3.05) is 36.8 Å². The molecule has 0 aromatic heterocycles. The van der Waals surface area contributed by atoms with Crippen molar-refractivity contribution in [3.63, 3.8) is 0 Å². The normalized spacial score (nSPS) is 18.2. The second kappa shape index (κ2) is 8.54. The number of methoxy groups -OCH3 is 2. The van der Waals surface area contributed by atoms with Gasteiger partial charge in [-0.25, -0.2) is 18.0 Å². The van der Waals surface area contributed by atoms with Crippen LogP contribution < -0.4 is 5.32 Å². The van der Waals surface area contributed by atoms with Gasteiger partial charge in [0.15, 0.2) is 9.84 Å². The molecule has 10 heteroatoms. The molecule has 26 heavy (non-hydrogen) atoms. The number of carbonyl (C=O) groups is 3. The van der Waals surface area contributed by atoms with Crippen molar-refractivity contribution < 1.29 is 32.3 Å². The van der Waals surface area contributed by atoms with Crippen LogP contribution in [0.4, 0.5) is 5.69 Å². The smallest absolute Gasteiger partial charge is 0.337 e. The van der Waals surface area contributed by atoms with Gasteiger partial charge in [-0.1, -0.05) is 0 Å². The van der Waals surface area contributed by atoms with E-state index in [0.717, 1.165) is 0 Å². The molecule has 8 nitrogen and oxygen atoms in total. The molecule has 2 rings (SSSR count). The maximum atomic E-state index is 12.1. The van der Waals surface area contributed by atoms with E-state index in [2.05, 4.69) is 14.8 Å². The molecular weight excluding hydrogens is 382 g/mol. The summed E-state index contributed by atoms with van der Waals surface area (Å²) in [5.41, 5.74) is 0.443. The van der Waals surface area contributed by atoms with Crippen LogP contribution in [0.3, 0.4) is 0 Å². The molecule has 1 heterocycles. The molecule has 1 N–H and O–H groups in total. The van der Waals surface area contributed by atoms with E-state index in [4.69, 9.17) is 0 Å². The summed E-state index contributed by atoms with van der Waals surface area (Å²) in [4.78, 5) is 35.6. The number of amides is 1. The predicted octanol–water partition coefficient (Wildman–Crippen LogP) is 1.12. The van der Waals surface area contributed by atoms with E-state index in [1.54, 1.807) is 0 Å². The first-order chi connectivity index (χ1) is 12.2. The molecule has 0 spiro atoms. The van der Waals surface area contributed by atoms with E-state index in [-0.39, 0.29) is 45.2 Å². The molecular formula is C16H19NO7S2. The number of nitrogens with one attached hydrogen (secondary N) is 1. The average molecular weight is 401 g/mol. The first kappa shape index (κ1) is 20.2. The zero-order valence-electron chi connectivity index (χ0n) is 14.3. The molecule has 1 fully saturated rings. The summed E-state index contributed by atoms with van der Waals surface area (Å²) in [7, 11) is -0.582. The van der Waals surface area contributed by atoms with Crippen molar-refractivity contribution in [1.82, 2.24) is 0 Å². The Morgan fingerprint density at radius 2 is 1.69 bits per heavy atom. The fourth-order valence-electron chi connectivity index (χ4n) is 2.45. The van der Waals surface area contributed by atoms with Crippen LogP contribution in [0.5, 0.6) is 0 Å². The number of hydrogen-bond donors (Lipinski definition) is 1. The van der Waals surface area contributed by atoms with Gasteiger partial charge >= 0.3 is 11.9 Å². The van der Waals surface area contributed by atoms with Gasteiger partial charge in [0.25, 0.3) is 0 Å². The molecule has 0 saturated carbocycles. The number of hydrogen-bond acceptors (Lipinski definition) is 8. The summed E-state index contributed by atoms with van der Waals surface area (Å²) >= 11 is 1.27. The average Bonchev–Trinajstić information content (AvgIpc) is 2.97. The summed E-state index contributed by atoms with van der Waals surface area (Å²) in [6, 6.07) is 4.09. The molecule has 1 amide bonds. The van der Waals surface area contributed by atoms with E-state index >= 15 is 0 Å². The van der Waals surface area contributed by atoms with Gasteiger partial charge < -0.3 is 14.8 Å². The van der Waals surface area contributed by atoms with Gasteiger partial charge in [0, 0.05) is 10.9 Å². The van der Waals surface area contributed by atoms with Crippen molar-refractivity contribution in [1.29, 1.82) is 0 Å². The van der Waals surface area contributed by atoms with Crippen LogP contribution >= 0.6 is 11.8 Å². The van der Waals surface area contributed by atoms with Crippen LogP contribution in [-0.4, -0.2) is 63.0 Å². The molecule has 142 valence electrons. The van der Waals surface area contributed by atoms with Crippen molar-refractivity contribution in [3.05, 3.63) is 29.3 Å². The van der Waals surface area contributed by atoms with Crippen molar-refractivity contribution in [3.8, 4) is 0 Å². The highest BCUT2D eigenvalue weighted by atomic mass is 32.2. The highest BCUT2D eigenvalue weighted by Gasteiger charge is 2.28. The minimum atomic E-state index is -2.99. The summed E-state index contributed by atoms with van der Waals surface area (Å²) < 4.78 is 32.1. The molecule has 0 radical (unpaired) electrons. The number of sulfone groups is 1. The Labute approximate surface area is 155 Å². The number of rotatable bonds is 6. The molecule has 1 atom stereocenters. The van der Waals surface area contributed by atoms with Gasteiger partial charge in [0.2, 0.25) is 5.91 Å². The number of anilines is 1. The number of ether oxygens (including phenoxy) is 2. The lowest BCUT2D eigenvalue weighted by Gasteiger charge is -2.11. The van der Waals surface area contributed by atoms with Crippen LogP contribution in [0.2, 0.25) is 0 Å². The number of carbonyl (C=O) groups excluding carboxylic acids is 3. The summed E-state index contributed by atoms with van der Waals surface area (Å²) in [5, 5.41) is 2.50. The van der Waals surface area contributed by atoms with Crippen LogP contribution in [0.15, 0.2) is 18.2 Å². The second-order valence-electron chi connectivity index (χ2n) is 5.67. The largest absolute Gasteiger partial charge is 0.465 e. The topological polar surface area (TPSA) is 116 Å². The van der Waals surface area contributed by atoms with Crippen LogP contribution in [0, 0.1) is 0 Å². The zero-order valence-corrected chi connectivity index (χ0v) is 15.9. The maximum Gasteiger partial charge on any atom is 0.337 e. The Balaban J connectivity index is 2.06. The monoisotopic (exact) mass is 401 g/mol. The summed E-state index contributed by atoms with van der Waals surface area (Å²) in [5.74, 6) is -1.38. The van der Waals surface area contributed by atoms with Crippen LogP contribution in [0.1, 0.15) is 27.1 Å². The Kier molecular flexibility index (Phi) is 6.65. The third-order valence-electron chi connectivity index (χ3n) is 3.70. The van der Waals surface area contributed by atoms with Gasteiger partial charge in [-0.2, -0.15) is 0 Å². The maximum absolute atomic E-state index is 12.1. The summed E-state index contributed by atoms with van der Waals surface area (Å²) in [6.45, 7) is 0. The Morgan fingerprint density at radius 1 is 1.12 bits per heavy atom. The van der Waals surface area contributed by atoms with Gasteiger partial charge in [-0.3, -0.25) is 4.79 Å². The van der Waals surface area contributed by atoms with E-state index in [9.17, 15) is 22.8 Å². The number of thioether (sulfide) groups is 1. The quantitative estimate of drug-likeness (QED) is 0.705. The fraction of sp³-hybridized carbons (Fsp3) is 0.438. The Hall–Kier alpha value is -2.07. The van der Waals surface area contributed by atoms with Crippen molar-refractivity contribution >= 4 is 45.1 Å². The lowest BCUT2D eigenvalue weighted by Crippen LogP contribution is -2.18. The van der Waals surface area contributed by atoms with Gasteiger partial charge in [-0.05, 0) is 24.6 Å². The van der Waals surface area contributed by atoms with Gasteiger partial charge in [0.1, 0.15) is 0 Å². The molecule has 1 aliphatic heterocycles. The van der Waals surface area contributed by atoms with E-state index in [1.165, 1.54) is 44.2 Å². The van der Waals surface area contributed by atoms with Crippen molar-refractivity contribution in [2.45, 2.75) is 11.7 Å². The van der Waals surface area contributed by atoms with Crippen molar-refractivity contribution in [2.24, 2.45) is 0 Å². The Bertz CT molecular complexity index is 786. The SMILES string of the molecule is COC(=O)c1cc(NC(=O)CSC2CCS(=O)(=O)C2)cc(C(=O)OC)c1. The number of benzene rings is 1. The lowest BCUT2D eigenvalue weighted by atomic mass is 10.1. The van der Waals surface area contributed by atoms with Gasteiger partial charge in [-0.15, -0.1) is 11.8 Å². The molecule has 1 aromatic carbocycles. The second-order valence-corrected chi connectivity index (χ2v) is 9.18. The van der Waals surface area contributed by atoms with Gasteiger partial charge in [0.05, 0.1) is 42.6 Å². The summed E-state index contributed by atoms with van der Waals surface area (Å²) in [6.07, 6.45) is 0.532. The molecule has 1 aromatic rings. The Morgan fingerprint density at radius 3 is 2.15 bits per heavy atom. The predicted molar refractivity (Wildman–Crippen MR) is 97.3 cm³/mol. The highest BCUT2D eigenvalue weighted by Crippen LogP contribution is 2.24. The molecule has 1 aliphatic rings. The zero-order chi connectivity index (χ0) is 19.3. The first-order valence-electron chi connectivity index (χ1n) is 7.67. The minimum absolute atomic E-state index is 0.0657. The number of esters is 2. The van der Waals surface area contributed by atoms with Crippen LogP contribution in [-0.2, 0) is 24.1 Å². The first-order valence-corrected chi connectivity index (χ1v) is 10.5. The van der Waals surface area contributed by atoms with E-state index < -0.39 is 21.8 Å².